The molecule has 8 nitrogen and oxygen atoms in total. The van der Waals surface area contributed by atoms with Crippen molar-refractivity contribution in [3.63, 3.8) is 0 Å². The summed E-state index contributed by atoms with van der Waals surface area (Å²) in [6, 6.07) is 24.1. The van der Waals surface area contributed by atoms with Crippen molar-refractivity contribution in [3.8, 4) is 11.5 Å². The van der Waals surface area contributed by atoms with Gasteiger partial charge in [-0.05, 0) is 61.4 Å². The summed E-state index contributed by atoms with van der Waals surface area (Å²) in [5, 5.41) is 12.8. The highest BCUT2D eigenvalue weighted by Crippen LogP contribution is 2.19. The summed E-state index contributed by atoms with van der Waals surface area (Å²) >= 11 is 0. The Morgan fingerprint density at radius 2 is 0.905 bits per heavy atom. The topological polar surface area (TPSA) is 57.4 Å². The summed E-state index contributed by atoms with van der Waals surface area (Å²) in [5.74, 6) is 1.68. The van der Waals surface area contributed by atoms with Crippen LogP contribution in [0.15, 0.2) is 108 Å². The second-order valence-corrected chi connectivity index (χ2v) is 10.1. The van der Waals surface area contributed by atoms with Crippen molar-refractivity contribution in [1.29, 1.82) is 0 Å². The molecule has 0 atom stereocenters. The standard InChI is InChI=1S/C34H42N6O2/c1-37(31-9-13-33(41-3)14-10-31)35-27-29-17-23-39(24-18-29)21-7-5-6-8-22-40-25-19-30(20-26-40)28-36-38(2)32-11-15-34(42-4)16-12-32/h9-20,23-28H,5-8,21-22H2,1-4H3/q+2. The zero-order valence-electron chi connectivity index (χ0n) is 25.1. The molecule has 0 aliphatic rings. The molecule has 2 aromatic carbocycles. The van der Waals surface area contributed by atoms with E-state index in [4.69, 9.17) is 9.47 Å². The van der Waals surface area contributed by atoms with Crippen molar-refractivity contribution in [3.05, 3.63) is 109 Å². The summed E-state index contributed by atoms with van der Waals surface area (Å²) < 4.78 is 14.9. The van der Waals surface area contributed by atoms with E-state index in [9.17, 15) is 0 Å². The predicted octanol–water partition coefficient (Wildman–Crippen LogP) is 5.48. The first-order chi connectivity index (χ1) is 20.5. The van der Waals surface area contributed by atoms with Crippen LogP contribution in [-0.4, -0.2) is 40.7 Å². The van der Waals surface area contributed by atoms with Crippen molar-refractivity contribution in [1.82, 2.24) is 0 Å². The molecule has 0 amide bonds. The zero-order valence-corrected chi connectivity index (χ0v) is 25.1. The number of methoxy groups -OCH3 is 2. The summed E-state index contributed by atoms with van der Waals surface area (Å²) in [7, 11) is 7.22. The highest BCUT2D eigenvalue weighted by Gasteiger charge is 2.04. The Balaban J connectivity index is 1.11. The quantitative estimate of drug-likeness (QED) is 0.0828. The van der Waals surface area contributed by atoms with Crippen LogP contribution in [0, 0.1) is 0 Å². The van der Waals surface area contributed by atoms with Crippen LogP contribution >= 0.6 is 0 Å². The van der Waals surface area contributed by atoms with Crippen molar-refractivity contribution in [2.75, 3.05) is 38.3 Å². The lowest BCUT2D eigenvalue weighted by Crippen LogP contribution is -2.33. The monoisotopic (exact) mass is 566 g/mol. The number of ether oxygens (including phenoxy) is 2. The maximum atomic E-state index is 5.22. The fourth-order valence-electron chi connectivity index (χ4n) is 4.39. The molecular weight excluding hydrogens is 524 g/mol. The van der Waals surface area contributed by atoms with Gasteiger partial charge in [-0.2, -0.15) is 10.2 Å². The second kappa shape index (κ2) is 15.9. The van der Waals surface area contributed by atoms with Gasteiger partial charge >= 0.3 is 0 Å². The van der Waals surface area contributed by atoms with Gasteiger partial charge in [0.15, 0.2) is 24.8 Å². The number of benzene rings is 2. The van der Waals surface area contributed by atoms with E-state index in [2.05, 4.69) is 68.4 Å². The Bertz CT molecular complexity index is 1290. The van der Waals surface area contributed by atoms with Crippen LogP contribution in [0.5, 0.6) is 11.5 Å². The number of anilines is 2. The molecule has 0 N–H and O–H groups in total. The number of hydrogen-bond donors (Lipinski definition) is 0. The third-order valence-electron chi connectivity index (χ3n) is 7.07. The average molecular weight is 567 g/mol. The molecule has 0 fully saturated rings. The lowest BCUT2D eigenvalue weighted by molar-refractivity contribution is -0.698. The minimum Gasteiger partial charge on any atom is -0.497 e. The van der Waals surface area contributed by atoms with Gasteiger partial charge in [0.2, 0.25) is 0 Å². The number of rotatable bonds is 15. The van der Waals surface area contributed by atoms with Crippen molar-refractivity contribution < 1.29 is 18.6 Å². The number of hydrogen-bond acceptors (Lipinski definition) is 6. The Morgan fingerprint density at radius 1 is 0.548 bits per heavy atom. The zero-order chi connectivity index (χ0) is 29.6. The number of hydrazone groups is 2. The summed E-state index contributed by atoms with van der Waals surface area (Å²) in [6.07, 6.45) is 17.0. The van der Waals surface area contributed by atoms with E-state index in [-0.39, 0.29) is 0 Å². The van der Waals surface area contributed by atoms with Gasteiger partial charge in [-0.25, -0.2) is 9.13 Å². The molecule has 0 saturated carbocycles. The Kier molecular flexibility index (Phi) is 11.5. The number of aryl methyl sites for hydroxylation is 2. The molecule has 4 rings (SSSR count). The van der Waals surface area contributed by atoms with Crippen LogP contribution in [0.1, 0.15) is 36.8 Å². The lowest BCUT2D eigenvalue weighted by Gasteiger charge is -2.13. The van der Waals surface area contributed by atoms with E-state index in [1.165, 1.54) is 25.7 Å². The Morgan fingerprint density at radius 3 is 1.24 bits per heavy atom. The van der Waals surface area contributed by atoms with Gasteiger partial charge in [0, 0.05) is 62.3 Å². The molecule has 0 aliphatic carbocycles. The van der Waals surface area contributed by atoms with Gasteiger partial charge in [-0.3, -0.25) is 10.0 Å². The fraction of sp³-hybridized carbons (Fsp3) is 0.294. The largest absolute Gasteiger partial charge is 0.497 e. The maximum absolute atomic E-state index is 5.22. The third-order valence-corrected chi connectivity index (χ3v) is 7.07. The van der Waals surface area contributed by atoms with E-state index in [0.29, 0.717) is 0 Å². The highest BCUT2D eigenvalue weighted by molar-refractivity contribution is 5.80. The van der Waals surface area contributed by atoms with Crippen LogP contribution in [0.2, 0.25) is 0 Å². The summed E-state index contributed by atoms with van der Waals surface area (Å²) in [4.78, 5) is 0. The number of unbranched alkanes of at least 4 members (excludes halogenated alkanes) is 3. The predicted molar refractivity (Wildman–Crippen MR) is 170 cm³/mol. The van der Waals surface area contributed by atoms with Gasteiger partial charge in [-0.1, -0.05) is 0 Å². The third kappa shape index (κ3) is 9.44. The molecule has 0 radical (unpaired) electrons. The molecule has 0 aliphatic heterocycles. The molecule has 218 valence electrons. The second-order valence-electron chi connectivity index (χ2n) is 10.1. The lowest BCUT2D eigenvalue weighted by atomic mass is 10.2. The molecule has 4 aromatic rings. The van der Waals surface area contributed by atoms with E-state index in [1.54, 1.807) is 14.2 Å². The van der Waals surface area contributed by atoms with Crippen molar-refractivity contribution in [2.45, 2.75) is 38.8 Å². The van der Waals surface area contributed by atoms with E-state index in [0.717, 1.165) is 47.1 Å². The molecule has 2 aromatic heterocycles. The molecule has 0 saturated heterocycles. The van der Waals surface area contributed by atoms with Crippen LogP contribution < -0.4 is 28.6 Å². The Labute approximate surface area is 249 Å². The smallest absolute Gasteiger partial charge is 0.169 e. The van der Waals surface area contributed by atoms with Gasteiger partial charge < -0.3 is 9.47 Å². The molecule has 0 unspecified atom stereocenters. The van der Waals surface area contributed by atoms with Crippen LogP contribution in [0.25, 0.3) is 0 Å². The van der Waals surface area contributed by atoms with Gasteiger partial charge in [0.1, 0.15) is 24.6 Å². The minimum atomic E-state index is 0.838. The van der Waals surface area contributed by atoms with Crippen LogP contribution in [0.4, 0.5) is 11.4 Å². The SMILES string of the molecule is COc1ccc(N(C)/N=C/c2cc[n+](CCCCCC[n+]3ccc(/C=N/N(C)c4ccc(OC)cc4)cc3)cc2)cc1. The van der Waals surface area contributed by atoms with Gasteiger partial charge in [0.25, 0.3) is 0 Å². The number of pyridine rings is 2. The van der Waals surface area contributed by atoms with Gasteiger partial charge in [-0.15, -0.1) is 0 Å². The summed E-state index contributed by atoms with van der Waals surface area (Å²) in [5.41, 5.74) is 4.16. The summed E-state index contributed by atoms with van der Waals surface area (Å²) in [6.45, 7) is 2.05. The van der Waals surface area contributed by atoms with Gasteiger partial charge in [0.05, 0.1) is 38.0 Å². The van der Waals surface area contributed by atoms with E-state index < -0.39 is 0 Å². The minimum absolute atomic E-state index is 0.838. The van der Waals surface area contributed by atoms with E-state index >= 15 is 0 Å². The average Bonchev–Trinajstić information content (AvgIpc) is 3.05. The van der Waals surface area contributed by atoms with Crippen molar-refractivity contribution >= 4 is 23.8 Å². The first-order valence-electron chi connectivity index (χ1n) is 14.4. The van der Waals surface area contributed by atoms with E-state index in [1.807, 2.05) is 85.1 Å². The fourth-order valence-corrected chi connectivity index (χ4v) is 4.39. The highest BCUT2D eigenvalue weighted by atomic mass is 16.5. The first-order valence-corrected chi connectivity index (χ1v) is 14.4. The molecular formula is C34H42N6O2+2. The van der Waals surface area contributed by atoms with Crippen LogP contribution in [-0.2, 0) is 13.1 Å². The van der Waals surface area contributed by atoms with Crippen molar-refractivity contribution in [2.24, 2.45) is 10.2 Å². The maximum Gasteiger partial charge on any atom is 0.169 e. The molecule has 8 heteroatoms. The Hall–Kier alpha value is -4.72. The number of aromatic nitrogens is 2. The molecule has 42 heavy (non-hydrogen) atoms. The first kappa shape index (κ1) is 30.2. The normalized spacial score (nSPS) is 11.2. The molecule has 2 heterocycles. The number of nitrogens with zero attached hydrogens (tertiary/aromatic N) is 6. The molecule has 0 spiro atoms. The molecule has 0 bridgehead atoms. The van der Waals surface area contributed by atoms with Crippen LogP contribution in [0.3, 0.4) is 0 Å².